The summed E-state index contributed by atoms with van der Waals surface area (Å²) < 4.78 is 0. The Balaban J connectivity index is 1.69. The van der Waals surface area contributed by atoms with Crippen molar-refractivity contribution in [2.45, 2.75) is 6.92 Å². The molecular formula is C19H17N3O4. The van der Waals surface area contributed by atoms with Gasteiger partial charge in [0.05, 0.1) is 0 Å². The van der Waals surface area contributed by atoms with Gasteiger partial charge in [0.15, 0.2) is 0 Å². The van der Waals surface area contributed by atoms with E-state index in [4.69, 9.17) is 0 Å². The average molecular weight is 351 g/mol. The number of phenolic OH excluding ortho intramolecular Hbond substituents is 1. The standard InChI is InChI=1S/C19H17N3O4/c1-12-3-2-4-14(9-12)20-17(24)11-22-18(25)16(21-19(22)26)10-13-5-7-15(23)8-6-13/h2-10,23H,11H2,1H3,(H,20,24)(H,21,26)/b16-10-. The fraction of sp³-hybridized carbons (Fsp3) is 0.105. The van der Waals surface area contributed by atoms with Crippen molar-refractivity contribution in [1.29, 1.82) is 0 Å². The molecule has 7 heteroatoms. The maximum Gasteiger partial charge on any atom is 0.329 e. The molecule has 132 valence electrons. The smallest absolute Gasteiger partial charge is 0.329 e. The number of carbonyl (C=O) groups excluding carboxylic acids is 3. The molecule has 2 aromatic carbocycles. The largest absolute Gasteiger partial charge is 0.508 e. The van der Waals surface area contributed by atoms with Crippen LogP contribution in [0.4, 0.5) is 10.5 Å². The number of benzene rings is 2. The number of aromatic hydroxyl groups is 1. The fourth-order valence-electron chi connectivity index (χ4n) is 2.52. The Hall–Kier alpha value is -3.61. The Kier molecular flexibility index (Phi) is 4.70. The van der Waals surface area contributed by atoms with Gasteiger partial charge in [-0.05, 0) is 48.4 Å². The van der Waals surface area contributed by atoms with Crippen molar-refractivity contribution in [3.05, 3.63) is 65.4 Å². The second kappa shape index (κ2) is 7.10. The second-order valence-corrected chi connectivity index (χ2v) is 5.89. The van der Waals surface area contributed by atoms with Crippen LogP contribution < -0.4 is 10.6 Å². The van der Waals surface area contributed by atoms with E-state index in [0.29, 0.717) is 11.3 Å². The molecule has 7 nitrogen and oxygen atoms in total. The summed E-state index contributed by atoms with van der Waals surface area (Å²) in [4.78, 5) is 37.4. The van der Waals surface area contributed by atoms with Crippen LogP contribution in [0.15, 0.2) is 54.2 Å². The molecule has 0 atom stereocenters. The number of rotatable bonds is 4. The Morgan fingerprint density at radius 1 is 1.19 bits per heavy atom. The van der Waals surface area contributed by atoms with E-state index in [0.717, 1.165) is 10.5 Å². The van der Waals surface area contributed by atoms with Crippen molar-refractivity contribution in [2.24, 2.45) is 0 Å². The van der Waals surface area contributed by atoms with Crippen LogP contribution in [0.25, 0.3) is 6.08 Å². The van der Waals surface area contributed by atoms with Gasteiger partial charge in [-0.3, -0.25) is 9.59 Å². The highest BCUT2D eigenvalue weighted by molar-refractivity contribution is 6.15. The fourth-order valence-corrected chi connectivity index (χ4v) is 2.52. The Morgan fingerprint density at radius 3 is 2.62 bits per heavy atom. The van der Waals surface area contributed by atoms with Crippen LogP contribution in [0.3, 0.4) is 0 Å². The maximum absolute atomic E-state index is 12.4. The second-order valence-electron chi connectivity index (χ2n) is 5.89. The average Bonchev–Trinajstić information content (AvgIpc) is 2.84. The lowest BCUT2D eigenvalue weighted by atomic mass is 10.2. The predicted molar refractivity (Wildman–Crippen MR) is 96.1 cm³/mol. The summed E-state index contributed by atoms with van der Waals surface area (Å²) in [5.41, 5.74) is 2.29. The van der Waals surface area contributed by atoms with Crippen LogP contribution >= 0.6 is 0 Å². The summed E-state index contributed by atoms with van der Waals surface area (Å²) in [6.45, 7) is 1.51. The number of phenols is 1. The lowest BCUT2D eigenvalue weighted by Crippen LogP contribution is -2.38. The van der Waals surface area contributed by atoms with Crippen LogP contribution in [0, 0.1) is 6.92 Å². The number of anilines is 1. The first-order valence-corrected chi connectivity index (χ1v) is 7.92. The third-order valence-corrected chi connectivity index (χ3v) is 3.77. The topological polar surface area (TPSA) is 98.7 Å². The molecule has 0 radical (unpaired) electrons. The van der Waals surface area contributed by atoms with E-state index in [1.807, 2.05) is 13.0 Å². The lowest BCUT2D eigenvalue weighted by molar-refractivity contribution is -0.127. The zero-order valence-corrected chi connectivity index (χ0v) is 14.0. The van der Waals surface area contributed by atoms with Crippen molar-refractivity contribution >= 4 is 29.6 Å². The number of carbonyl (C=O) groups is 3. The molecule has 0 saturated carbocycles. The molecule has 3 N–H and O–H groups in total. The maximum atomic E-state index is 12.4. The number of amides is 4. The molecule has 0 unspecified atom stereocenters. The molecule has 26 heavy (non-hydrogen) atoms. The number of aryl methyl sites for hydroxylation is 1. The van der Waals surface area contributed by atoms with E-state index in [9.17, 15) is 19.5 Å². The van der Waals surface area contributed by atoms with E-state index in [1.54, 1.807) is 30.3 Å². The molecule has 2 aromatic rings. The summed E-state index contributed by atoms with van der Waals surface area (Å²) >= 11 is 0. The van der Waals surface area contributed by atoms with Gasteiger partial charge >= 0.3 is 6.03 Å². The van der Waals surface area contributed by atoms with Gasteiger partial charge < -0.3 is 15.7 Å². The van der Waals surface area contributed by atoms with Gasteiger partial charge in [0.25, 0.3) is 5.91 Å². The van der Waals surface area contributed by atoms with Gasteiger partial charge in [-0.25, -0.2) is 9.69 Å². The number of nitrogens with one attached hydrogen (secondary N) is 2. The van der Waals surface area contributed by atoms with E-state index in [-0.39, 0.29) is 18.0 Å². The summed E-state index contributed by atoms with van der Waals surface area (Å²) in [6, 6.07) is 12.7. The first-order valence-electron chi connectivity index (χ1n) is 7.92. The molecular weight excluding hydrogens is 334 g/mol. The quantitative estimate of drug-likeness (QED) is 0.581. The van der Waals surface area contributed by atoms with E-state index in [2.05, 4.69) is 10.6 Å². The van der Waals surface area contributed by atoms with E-state index in [1.165, 1.54) is 18.2 Å². The Labute approximate surface area is 149 Å². The lowest BCUT2D eigenvalue weighted by Gasteiger charge is -2.12. The Morgan fingerprint density at radius 2 is 1.92 bits per heavy atom. The van der Waals surface area contributed by atoms with Crippen molar-refractivity contribution in [1.82, 2.24) is 10.2 Å². The minimum atomic E-state index is -0.653. The summed E-state index contributed by atoms with van der Waals surface area (Å²) in [5.74, 6) is -0.948. The van der Waals surface area contributed by atoms with Crippen LogP contribution in [-0.2, 0) is 9.59 Å². The van der Waals surface area contributed by atoms with Gasteiger partial charge in [0.2, 0.25) is 5.91 Å². The molecule has 0 bridgehead atoms. The summed E-state index contributed by atoms with van der Waals surface area (Å²) in [7, 11) is 0. The van der Waals surface area contributed by atoms with Crippen LogP contribution in [0.2, 0.25) is 0 Å². The summed E-state index contributed by atoms with van der Waals surface area (Å²) in [6.07, 6.45) is 1.48. The highest BCUT2D eigenvalue weighted by Crippen LogP contribution is 2.17. The molecule has 1 saturated heterocycles. The predicted octanol–water partition coefficient (Wildman–Crippen LogP) is 2.23. The zero-order chi connectivity index (χ0) is 18.7. The zero-order valence-electron chi connectivity index (χ0n) is 14.0. The summed E-state index contributed by atoms with van der Waals surface area (Å²) in [5, 5.41) is 14.4. The molecule has 0 aliphatic carbocycles. The minimum absolute atomic E-state index is 0.0732. The highest BCUT2D eigenvalue weighted by atomic mass is 16.3. The van der Waals surface area contributed by atoms with Gasteiger partial charge in [0.1, 0.15) is 18.0 Å². The number of nitrogens with zero attached hydrogens (tertiary/aromatic N) is 1. The SMILES string of the molecule is Cc1cccc(NC(=O)CN2C(=O)N/C(=C\c3ccc(O)cc3)C2=O)c1. The van der Waals surface area contributed by atoms with E-state index < -0.39 is 17.8 Å². The van der Waals surface area contributed by atoms with Crippen molar-refractivity contribution in [3.63, 3.8) is 0 Å². The molecule has 0 aromatic heterocycles. The first-order chi connectivity index (χ1) is 12.4. The van der Waals surface area contributed by atoms with Gasteiger partial charge in [-0.2, -0.15) is 0 Å². The normalized spacial score (nSPS) is 15.3. The number of hydrogen-bond acceptors (Lipinski definition) is 4. The van der Waals surface area contributed by atoms with E-state index >= 15 is 0 Å². The van der Waals surface area contributed by atoms with Crippen molar-refractivity contribution in [3.8, 4) is 5.75 Å². The Bertz CT molecular complexity index is 903. The highest BCUT2D eigenvalue weighted by Gasteiger charge is 2.34. The van der Waals surface area contributed by atoms with Crippen LogP contribution in [0.5, 0.6) is 5.75 Å². The number of imide groups is 1. The molecule has 1 heterocycles. The molecule has 1 aliphatic heterocycles. The third-order valence-electron chi connectivity index (χ3n) is 3.77. The minimum Gasteiger partial charge on any atom is -0.508 e. The van der Waals surface area contributed by atoms with Gasteiger partial charge in [-0.15, -0.1) is 0 Å². The van der Waals surface area contributed by atoms with Crippen molar-refractivity contribution < 1.29 is 19.5 Å². The molecule has 3 rings (SSSR count). The molecule has 1 fully saturated rings. The monoisotopic (exact) mass is 351 g/mol. The van der Waals surface area contributed by atoms with Crippen molar-refractivity contribution in [2.75, 3.05) is 11.9 Å². The molecule has 0 spiro atoms. The van der Waals surface area contributed by atoms with Crippen LogP contribution in [-0.4, -0.2) is 34.4 Å². The molecule has 4 amide bonds. The van der Waals surface area contributed by atoms with Crippen LogP contribution in [0.1, 0.15) is 11.1 Å². The van der Waals surface area contributed by atoms with Gasteiger partial charge in [0, 0.05) is 5.69 Å². The van der Waals surface area contributed by atoms with Gasteiger partial charge in [-0.1, -0.05) is 24.3 Å². The number of urea groups is 1. The number of hydrogen-bond donors (Lipinski definition) is 3. The first kappa shape index (κ1) is 17.2. The third kappa shape index (κ3) is 3.89. The molecule has 1 aliphatic rings.